The number of thiophene rings is 1. The topological polar surface area (TPSA) is 149 Å². The monoisotopic (exact) mass is 780 g/mol. The summed E-state index contributed by atoms with van der Waals surface area (Å²) in [5.74, 6) is -2.03. The van der Waals surface area contributed by atoms with Gasteiger partial charge >= 0.3 is 6.03 Å². The highest BCUT2D eigenvalue weighted by molar-refractivity contribution is 7.18. The number of hydrazine groups is 1. The Kier molecular flexibility index (Phi) is 10.5. The summed E-state index contributed by atoms with van der Waals surface area (Å²) < 4.78 is 16.1. The van der Waals surface area contributed by atoms with Gasteiger partial charge in [-0.2, -0.15) is 10.1 Å². The van der Waals surface area contributed by atoms with Crippen LogP contribution in [0.1, 0.15) is 55.2 Å². The number of hydrogen-bond acceptors (Lipinski definition) is 9. The van der Waals surface area contributed by atoms with Crippen LogP contribution >= 0.6 is 34.5 Å². The largest absolute Gasteiger partial charge is 0.371 e. The molecule has 7 rings (SSSR count). The maximum atomic E-state index is 14.1. The normalized spacial score (nSPS) is 17.0. The van der Waals surface area contributed by atoms with Gasteiger partial charge in [0.2, 0.25) is 5.91 Å². The summed E-state index contributed by atoms with van der Waals surface area (Å²) in [5, 5.41) is 15.2. The summed E-state index contributed by atoms with van der Waals surface area (Å²) in [5.41, 5.74) is 3.06. The zero-order chi connectivity index (χ0) is 37.4. The number of benzene rings is 2. The molecular formula is C36H35Cl2FN8O5S. The van der Waals surface area contributed by atoms with E-state index in [1.807, 2.05) is 6.07 Å². The second kappa shape index (κ2) is 15.3. The molecule has 3 aliphatic rings. The van der Waals surface area contributed by atoms with Gasteiger partial charge in [0, 0.05) is 44.7 Å². The number of amides is 6. The number of anilines is 1. The smallest absolute Gasteiger partial charge is 0.343 e. The molecule has 2 saturated heterocycles. The van der Waals surface area contributed by atoms with E-state index in [-0.39, 0.29) is 41.9 Å². The first-order valence-electron chi connectivity index (χ1n) is 17.1. The van der Waals surface area contributed by atoms with Gasteiger partial charge in [0.1, 0.15) is 10.2 Å². The first-order valence-corrected chi connectivity index (χ1v) is 18.7. The van der Waals surface area contributed by atoms with Gasteiger partial charge in [-0.15, -0.1) is 11.3 Å². The molecule has 5 heterocycles. The molecule has 1 atom stereocenters. The molecule has 0 bridgehead atoms. The molecule has 3 N–H and O–H groups in total. The number of fused-ring (bicyclic) bond motifs is 1. The van der Waals surface area contributed by atoms with E-state index < -0.39 is 23.8 Å². The van der Waals surface area contributed by atoms with Crippen LogP contribution in [0.4, 0.5) is 14.9 Å². The third-order valence-corrected chi connectivity index (χ3v) is 11.3. The van der Waals surface area contributed by atoms with E-state index in [1.54, 1.807) is 42.1 Å². The number of rotatable bonds is 11. The summed E-state index contributed by atoms with van der Waals surface area (Å²) in [6.45, 7) is 2.29. The Hall–Kier alpha value is -4.83. The zero-order valence-electron chi connectivity index (χ0n) is 28.5. The number of carbonyl (C=O) groups is 5. The molecule has 0 unspecified atom stereocenters. The predicted octanol–water partition coefficient (Wildman–Crippen LogP) is 4.89. The molecule has 0 aliphatic carbocycles. The van der Waals surface area contributed by atoms with Crippen LogP contribution in [0.2, 0.25) is 9.36 Å². The van der Waals surface area contributed by atoms with Gasteiger partial charge in [0.05, 0.1) is 45.1 Å². The Morgan fingerprint density at radius 3 is 2.53 bits per heavy atom. The number of nitrogens with zero attached hydrogens (tertiary/aromatic N) is 5. The minimum absolute atomic E-state index is 0.0156. The SMILES string of the molecule is Cn1ncc(Cl)c1-c1cc(C(=O)N[C@H](CNCC2CCN(c3cccc4c3C(=O)N(N3CCC(=O)NC3=O)C4=O)CC2)Cc2cccc(F)c2)sc1Cl. The van der Waals surface area contributed by atoms with E-state index in [0.717, 1.165) is 39.8 Å². The van der Waals surface area contributed by atoms with Crippen LogP contribution in [0.3, 0.4) is 0 Å². The molecule has 276 valence electrons. The van der Waals surface area contributed by atoms with Crippen LogP contribution in [-0.2, 0) is 18.3 Å². The third-order valence-electron chi connectivity index (χ3n) is 9.69. The number of aryl methyl sites for hydroxylation is 1. The molecule has 0 spiro atoms. The van der Waals surface area contributed by atoms with Crippen LogP contribution < -0.4 is 20.9 Å². The highest BCUT2D eigenvalue weighted by Gasteiger charge is 2.45. The highest BCUT2D eigenvalue weighted by Crippen LogP contribution is 2.39. The minimum atomic E-state index is -0.806. The number of carbonyl (C=O) groups excluding carboxylic acids is 5. The fraction of sp³-hybridized carbons (Fsp3) is 0.333. The Morgan fingerprint density at radius 2 is 1.81 bits per heavy atom. The minimum Gasteiger partial charge on any atom is -0.371 e. The molecule has 2 aromatic heterocycles. The molecular weight excluding hydrogens is 746 g/mol. The summed E-state index contributed by atoms with van der Waals surface area (Å²) in [7, 11) is 1.74. The number of piperidine rings is 1. The van der Waals surface area contributed by atoms with Gasteiger partial charge in [0.15, 0.2) is 0 Å². The Bertz CT molecular complexity index is 2100. The van der Waals surface area contributed by atoms with Gasteiger partial charge in [-0.25, -0.2) is 14.2 Å². The average molecular weight is 782 g/mol. The maximum Gasteiger partial charge on any atom is 0.343 e. The van der Waals surface area contributed by atoms with Crippen molar-refractivity contribution in [3.05, 3.63) is 91.5 Å². The van der Waals surface area contributed by atoms with Crippen LogP contribution in [-0.4, -0.2) is 88.2 Å². The molecule has 4 aromatic rings. The van der Waals surface area contributed by atoms with E-state index in [0.29, 0.717) is 69.7 Å². The first-order chi connectivity index (χ1) is 25.5. The average Bonchev–Trinajstić information content (AvgIpc) is 3.76. The van der Waals surface area contributed by atoms with Crippen molar-refractivity contribution >= 4 is 69.9 Å². The van der Waals surface area contributed by atoms with Crippen molar-refractivity contribution in [2.45, 2.75) is 31.7 Å². The lowest BCUT2D eigenvalue weighted by atomic mass is 9.95. The maximum absolute atomic E-state index is 14.1. The summed E-state index contributed by atoms with van der Waals surface area (Å²) in [6, 6.07) is 11.9. The second-order valence-corrected chi connectivity index (χ2v) is 15.3. The van der Waals surface area contributed by atoms with E-state index >= 15 is 0 Å². The van der Waals surface area contributed by atoms with Crippen molar-refractivity contribution in [1.29, 1.82) is 0 Å². The van der Waals surface area contributed by atoms with Gasteiger partial charge in [-0.1, -0.05) is 41.4 Å². The van der Waals surface area contributed by atoms with Crippen LogP contribution in [0.5, 0.6) is 0 Å². The number of aromatic nitrogens is 2. The van der Waals surface area contributed by atoms with Crippen molar-refractivity contribution in [1.82, 2.24) is 35.7 Å². The Labute approximate surface area is 318 Å². The molecule has 13 nitrogen and oxygen atoms in total. The molecule has 6 amide bonds. The molecule has 0 saturated carbocycles. The number of halogens is 3. The lowest BCUT2D eigenvalue weighted by Crippen LogP contribution is -2.58. The van der Waals surface area contributed by atoms with Gasteiger partial charge in [-0.05, 0) is 67.6 Å². The Morgan fingerprint density at radius 1 is 1.04 bits per heavy atom. The molecule has 2 aromatic carbocycles. The van der Waals surface area contributed by atoms with Crippen LogP contribution in [0, 0.1) is 11.7 Å². The summed E-state index contributed by atoms with van der Waals surface area (Å²) in [4.78, 5) is 67.0. The number of nitrogens with one attached hydrogen (secondary N) is 3. The highest BCUT2D eigenvalue weighted by atomic mass is 35.5. The van der Waals surface area contributed by atoms with Crippen LogP contribution in [0.25, 0.3) is 11.3 Å². The number of hydrogen-bond donors (Lipinski definition) is 3. The zero-order valence-corrected chi connectivity index (χ0v) is 30.9. The molecule has 17 heteroatoms. The number of urea groups is 1. The molecule has 0 radical (unpaired) electrons. The summed E-state index contributed by atoms with van der Waals surface area (Å²) >= 11 is 14.0. The van der Waals surface area contributed by atoms with E-state index in [9.17, 15) is 28.4 Å². The third kappa shape index (κ3) is 7.51. The van der Waals surface area contributed by atoms with E-state index in [2.05, 4.69) is 25.9 Å². The first kappa shape index (κ1) is 36.5. The van der Waals surface area contributed by atoms with Crippen molar-refractivity contribution < 1.29 is 28.4 Å². The van der Waals surface area contributed by atoms with Crippen LogP contribution in [0.15, 0.2) is 54.7 Å². The van der Waals surface area contributed by atoms with E-state index in [4.69, 9.17) is 23.2 Å². The van der Waals surface area contributed by atoms with Crippen molar-refractivity contribution in [3.8, 4) is 11.3 Å². The Balaban J connectivity index is 0.977. The quantitative estimate of drug-likeness (QED) is 0.182. The fourth-order valence-electron chi connectivity index (χ4n) is 7.06. The number of imide groups is 2. The van der Waals surface area contributed by atoms with Crippen molar-refractivity contribution in [2.24, 2.45) is 13.0 Å². The standard InChI is InChI=1S/C36H35Cl2FN8O5S/c1-44-31(26(37)19-41-44)25-16-28(53-32(25)38)33(49)42-23(15-21-4-2-5-22(39)14-21)18-40-17-20-8-11-45(12-9-20)27-7-3-6-24-30(27)35(51)47(34(24)50)46-13-10-29(48)43-36(46)52/h2-7,14,16,19-20,23,40H,8-13,15,17-18H2,1H3,(H,42,49)(H,43,48,52)/t23-/m0/s1. The van der Waals surface area contributed by atoms with Gasteiger partial charge in [0.25, 0.3) is 17.7 Å². The van der Waals surface area contributed by atoms with Crippen molar-refractivity contribution in [2.75, 3.05) is 37.6 Å². The van der Waals surface area contributed by atoms with E-state index in [1.165, 1.54) is 18.3 Å². The lowest BCUT2D eigenvalue weighted by Gasteiger charge is -2.35. The fourth-order valence-corrected chi connectivity index (χ4v) is 8.51. The second-order valence-electron chi connectivity index (χ2n) is 13.2. The molecule has 3 aliphatic heterocycles. The lowest BCUT2D eigenvalue weighted by molar-refractivity contribution is -0.122. The van der Waals surface area contributed by atoms with Crippen molar-refractivity contribution in [3.63, 3.8) is 0 Å². The van der Waals surface area contributed by atoms with Gasteiger partial charge in [-0.3, -0.25) is 29.2 Å². The predicted molar refractivity (Wildman–Crippen MR) is 198 cm³/mol. The molecule has 53 heavy (non-hydrogen) atoms. The van der Waals surface area contributed by atoms with Gasteiger partial charge < -0.3 is 15.5 Å². The molecule has 2 fully saturated rings. The summed E-state index contributed by atoms with van der Waals surface area (Å²) in [6.07, 6.45) is 3.49.